The number of carbonyl (C=O) groups excluding carboxylic acids is 2. The van der Waals surface area contributed by atoms with Crippen LogP contribution in [0.1, 0.15) is 17.4 Å². The maximum atomic E-state index is 12.6. The quantitative estimate of drug-likeness (QED) is 0.721. The van der Waals surface area contributed by atoms with Crippen LogP contribution in [0, 0.1) is 0 Å². The van der Waals surface area contributed by atoms with E-state index in [4.69, 9.17) is 4.74 Å². The molecule has 1 aromatic heterocycles. The van der Waals surface area contributed by atoms with Crippen molar-refractivity contribution in [3.8, 4) is 16.9 Å². The molecule has 0 bridgehead atoms. The summed E-state index contributed by atoms with van der Waals surface area (Å²) in [5.74, 6) is -0.0804. The molecule has 3 aromatic rings. The Morgan fingerprint density at radius 1 is 0.926 bits per heavy atom. The first kappa shape index (κ1) is 18.1. The Bertz CT molecular complexity index is 971. The molecule has 1 heterocycles. The summed E-state index contributed by atoms with van der Waals surface area (Å²) in [6, 6.07) is 18.4. The van der Waals surface area contributed by atoms with E-state index in [1.807, 2.05) is 36.4 Å². The molecule has 0 saturated carbocycles. The highest BCUT2D eigenvalue weighted by Crippen LogP contribution is 2.28. The number of aromatic nitrogens is 1. The number of hydrogen-bond acceptors (Lipinski definition) is 4. The second-order valence-electron chi connectivity index (χ2n) is 5.85. The lowest BCUT2D eigenvalue weighted by Gasteiger charge is -2.12. The summed E-state index contributed by atoms with van der Waals surface area (Å²) in [6.07, 6.45) is 1.61. The summed E-state index contributed by atoms with van der Waals surface area (Å²) in [7, 11) is 1.50. The standard InChI is InChI=1S/C21H19N3O3/c1-14(25)23-18-9-8-17(13-20(18)27-2)24-21(26)19-12-16(10-11-22-19)15-6-4-3-5-7-15/h3-13H,1-2H3,(H,23,25)(H,24,26). The zero-order valence-electron chi connectivity index (χ0n) is 15.0. The molecule has 0 atom stereocenters. The van der Waals surface area contributed by atoms with Crippen LogP contribution in [-0.2, 0) is 4.79 Å². The summed E-state index contributed by atoms with van der Waals surface area (Å²) in [5, 5.41) is 5.47. The molecule has 0 aliphatic carbocycles. The van der Waals surface area contributed by atoms with Gasteiger partial charge in [0.1, 0.15) is 11.4 Å². The first-order valence-corrected chi connectivity index (χ1v) is 8.35. The Morgan fingerprint density at radius 2 is 1.70 bits per heavy atom. The molecule has 2 aromatic carbocycles. The van der Waals surface area contributed by atoms with Gasteiger partial charge in [-0.2, -0.15) is 0 Å². The molecule has 0 fully saturated rings. The van der Waals surface area contributed by atoms with Gasteiger partial charge >= 0.3 is 0 Å². The number of nitrogens with one attached hydrogen (secondary N) is 2. The Labute approximate surface area is 157 Å². The summed E-state index contributed by atoms with van der Waals surface area (Å²) >= 11 is 0. The minimum absolute atomic E-state index is 0.202. The molecule has 2 amide bonds. The van der Waals surface area contributed by atoms with Gasteiger partial charge in [0, 0.05) is 24.9 Å². The van der Waals surface area contributed by atoms with Crippen molar-refractivity contribution in [3.05, 3.63) is 72.6 Å². The van der Waals surface area contributed by atoms with Crippen LogP contribution in [0.25, 0.3) is 11.1 Å². The third kappa shape index (κ3) is 4.49. The minimum atomic E-state index is -0.331. The lowest BCUT2D eigenvalue weighted by Crippen LogP contribution is -2.14. The zero-order valence-corrected chi connectivity index (χ0v) is 15.0. The van der Waals surface area contributed by atoms with Gasteiger partial charge < -0.3 is 15.4 Å². The molecule has 6 heteroatoms. The summed E-state index contributed by atoms with van der Waals surface area (Å²) in [4.78, 5) is 28.0. The third-order valence-corrected chi connectivity index (χ3v) is 3.87. The average Bonchev–Trinajstić information content (AvgIpc) is 2.69. The van der Waals surface area contributed by atoms with Gasteiger partial charge in [0.2, 0.25) is 5.91 Å². The van der Waals surface area contributed by atoms with Crippen LogP contribution >= 0.6 is 0 Å². The lowest BCUT2D eigenvalue weighted by molar-refractivity contribution is -0.114. The van der Waals surface area contributed by atoms with E-state index in [1.54, 1.807) is 30.5 Å². The van der Waals surface area contributed by atoms with E-state index in [9.17, 15) is 9.59 Å². The van der Waals surface area contributed by atoms with Gasteiger partial charge in [-0.25, -0.2) is 0 Å². The number of methoxy groups -OCH3 is 1. The van der Waals surface area contributed by atoms with Crippen LogP contribution in [0.3, 0.4) is 0 Å². The summed E-state index contributed by atoms with van der Waals surface area (Å²) < 4.78 is 5.27. The number of pyridine rings is 1. The highest BCUT2D eigenvalue weighted by Gasteiger charge is 2.12. The van der Waals surface area contributed by atoms with Gasteiger partial charge in [-0.3, -0.25) is 14.6 Å². The molecular weight excluding hydrogens is 342 g/mol. The van der Waals surface area contributed by atoms with Gasteiger partial charge in [-0.1, -0.05) is 30.3 Å². The average molecular weight is 361 g/mol. The maximum absolute atomic E-state index is 12.6. The highest BCUT2D eigenvalue weighted by molar-refractivity contribution is 6.04. The smallest absolute Gasteiger partial charge is 0.274 e. The molecule has 0 radical (unpaired) electrons. The van der Waals surface area contributed by atoms with E-state index in [0.29, 0.717) is 22.8 Å². The fourth-order valence-corrected chi connectivity index (χ4v) is 2.62. The number of anilines is 2. The molecule has 0 saturated heterocycles. The zero-order chi connectivity index (χ0) is 19.2. The molecule has 0 aliphatic heterocycles. The molecule has 136 valence electrons. The van der Waals surface area contributed by atoms with Crippen LogP contribution in [0.4, 0.5) is 11.4 Å². The number of nitrogens with zero attached hydrogens (tertiary/aromatic N) is 1. The molecule has 6 nitrogen and oxygen atoms in total. The van der Waals surface area contributed by atoms with Crippen molar-refractivity contribution >= 4 is 23.2 Å². The number of hydrogen-bond donors (Lipinski definition) is 2. The predicted molar refractivity (Wildman–Crippen MR) is 105 cm³/mol. The van der Waals surface area contributed by atoms with Crippen LogP contribution in [0.15, 0.2) is 66.9 Å². The van der Waals surface area contributed by atoms with E-state index in [0.717, 1.165) is 11.1 Å². The fourth-order valence-electron chi connectivity index (χ4n) is 2.62. The molecule has 0 spiro atoms. The predicted octanol–water partition coefficient (Wildman–Crippen LogP) is 3.97. The topological polar surface area (TPSA) is 80.3 Å². The number of carbonyl (C=O) groups is 2. The highest BCUT2D eigenvalue weighted by atomic mass is 16.5. The van der Waals surface area contributed by atoms with E-state index < -0.39 is 0 Å². The Balaban J connectivity index is 1.80. The number of benzene rings is 2. The van der Waals surface area contributed by atoms with E-state index in [-0.39, 0.29) is 11.8 Å². The van der Waals surface area contributed by atoms with Gasteiger partial charge in [0.15, 0.2) is 0 Å². The SMILES string of the molecule is COc1cc(NC(=O)c2cc(-c3ccccc3)ccn2)ccc1NC(C)=O. The second kappa shape index (κ2) is 8.14. The molecule has 0 unspecified atom stereocenters. The molecule has 3 rings (SSSR count). The Hall–Kier alpha value is -3.67. The summed E-state index contributed by atoms with van der Waals surface area (Å²) in [5.41, 5.74) is 3.30. The second-order valence-corrected chi connectivity index (χ2v) is 5.85. The maximum Gasteiger partial charge on any atom is 0.274 e. The number of rotatable bonds is 5. The van der Waals surface area contributed by atoms with Crippen molar-refractivity contribution in [1.29, 1.82) is 0 Å². The van der Waals surface area contributed by atoms with Crippen LogP contribution in [-0.4, -0.2) is 23.9 Å². The molecule has 0 aliphatic rings. The van der Waals surface area contributed by atoms with Crippen molar-refractivity contribution in [2.45, 2.75) is 6.92 Å². The van der Waals surface area contributed by atoms with Crippen LogP contribution < -0.4 is 15.4 Å². The third-order valence-electron chi connectivity index (χ3n) is 3.87. The Kier molecular flexibility index (Phi) is 5.47. The minimum Gasteiger partial charge on any atom is -0.494 e. The monoisotopic (exact) mass is 361 g/mol. The molecular formula is C21H19N3O3. The molecule has 27 heavy (non-hydrogen) atoms. The van der Waals surface area contributed by atoms with E-state index in [2.05, 4.69) is 15.6 Å². The Morgan fingerprint density at radius 3 is 2.41 bits per heavy atom. The molecule has 2 N–H and O–H groups in total. The van der Waals surface area contributed by atoms with Gasteiger partial charge in [0.05, 0.1) is 12.8 Å². The van der Waals surface area contributed by atoms with Crippen molar-refractivity contribution < 1.29 is 14.3 Å². The van der Waals surface area contributed by atoms with Gasteiger partial charge in [-0.05, 0) is 35.4 Å². The largest absolute Gasteiger partial charge is 0.494 e. The summed E-state index contributed by atoms with van der Waals surface area (Å²) in [6.45, 7) is 1.42. The first-order valence-electron chi connectivity index (χ1n) is 8.35. The van der Waals surface area contributed by atoms with E-state index in [1.165, 1.54) is 14.0 Å². The number of amides is 2. The van der Waals surface area contributed by atoms with Crippen molar-refractivity contribution in [2.75, 3.05) is 17.7 Å². The van der Waals surface area contributed by atoms with Crippen LogP contribution in [0.2, 0.25) is 0 Å². The first-order chi connectivity index (χ1) is 13.1. The van der Waals surface area contributed by atoms with Crippen LogP contribution in [0.5, 0.6) is 5.75 Å². The van der Waals surface area contributed by atoms with Crippen molar-refractivity contribution in [3.63, 3.8) is 0 Å². The number of ether oxygens (including phenoxy) is 1. The fraction of sp³-hybridized carbons (Fsp3) is 0.0952. The van der Waals surface area contributed by atoms with E-state index >= 15 is 0 Å². The van der Waals surface area contributed by atoms with Crippen molar-refractivity contribution in [2.24, 2.45) is 0 Å². The van der Waals surface area contributed by atoms with Gasteiger partial charge in [0.25, 0.3) is 5.91 Å². The van der Waals surface area contributed by atoms with Gasteiger partial charge in [-0.15, -0.1) is 0 Å². The normalized spacial score (nSPS) is 10.1. The lowest BCUT2D eigenvalue weighted by atomic mass is 10.1. The van der Waals surface area contributed by atoms with Crippen molar-refractivity contribution in [1.82, 2.24) is 4.98 Å².